The summed E-state index contributed by atoms with van der Waals surface area (Å²) in [5.74, 6) is -1.54. The molecule has 0 radical (unpaired) electrons. The molecule has 32 heavy (non-hydrogen) atoms. The van der Waals surface area contributed by atoms with Crippen LogP contribution < -0.4 is 18.5 Å². The minimum absolute atomic E-state index is 0. The van der Waals surface area contributed by atoms with Crippen molar-refractivity contribution in [2.45, 2.75) is 27.9 Å². The molecule has 172 valence electrons. The third-order valence-corrected chi connectivity index (χ3v) is 5.63. The number of hydrogen-bond acceptors (Lipinski definition) is 7. The second-order valence-corrected chi connectivity index (χ2v) is 7.73. The van der Waals surface area contributed by atoms with Crippen LogP contribution in [-0.2, 0) is 21.6 Å². The molecule has 1 amide bonds. The lowest BCUT2D eigenvalue weighted by atomic mass is 10.2. The number of halogens is 1. The van der Waals surface area contributed by atoms with Crippen molar-refractivity contribution in [2.24, 2.45) is 0 Å². The van der Waals surface area contributed by atoms with E-state index in [9.17, 15) is 13.2 Å². The number of carbonyl (C=O) groups is 1. The normalized spacial score (nSPS) is 14.1. The highest BCUT2D eigenvalue weighted by atomic mass is 32.2. The Morgan fingerprint density at radius 2 is 1.91 bits per heavy atom. The lowest BCUT2D eigenvalue weighted by Crippen LogP contribution is -2.30. The van der Waals surface area contributed by atoms with Gasteiger partial charge < -0.3 is 9.47 Å². The average Bonchev–Trinajstić information content (AvgIpc) is 3.06. The summed E-state index contributed by atoms with van der Waals surface area (Å²) in [4.78, 5) is 19.5. The van der Waals surface area contributed by atoms with E-state index in [0.29, 0.717) is 4.31 Å². The van der Waals surface area contributed by atoms with Gasteiger partial charge in [0, 0.05) is 12.3 Å². The first-order valence-corrected chi connectivity index (χ1v) is 10.9. The first-order chi connectivity index (χ1) is 14.9. The number of methoxy groups -OCH3 is 1. The number of aromatic nitrogens is 2. The fourth-order valence-corrected chi connectivity index (χ4v) is 4.04. The number of nitrogens with zero attached hydrogens (tertiary/aromatic N) is 3. The number of carbonyl (C=O) groups excluding carboxylic acids is 1. The van der Waals surface area contributed by atoms with E-state index in [1.807, 2.05) is 48.9 Å². The Bertz CT molecular complexity index is 1210. The Morgan fingerprint density at radius 1 is 1.22 bits per heavy atom. The number of anilines is 1. The molecule has 9 nitrogen and oxygen atoms in total. The van der Waals surface area contributed by atoms with E-state index in [4.69, 9.17) is 9.47 Å². The quantitative estimate of drug-likeness (QED) is 0.617. The van der Waals surface area contributed by atoms with E-state index in [0.717, 1.165) is 5.56 Å². The highest BCUT2D eigenvalue weighted by molar-refractivity contribution is 7.92. The van der Waals surface area contributed by atoms with Crippen LogP contribution in [0.1, 0.15) is 26.8 Å². The van der Waals surface area contributed by atoms with Crippen LogP contribution in [0.5, 0.6) is 11.8 Å². The molecule has 2 aromatic carbocycles. The van der Waals surface area contributed by atoms with Gasteiger partial charge in [-0.15, -0.1) is 0 Å². The zero-order chi connectivity index (χ0) is 22.6. The van der Waals surface area contributed by atoms with Gasteiger partial charge in [0.1, 0.15) is 24.4 Å². The fourth-order valence-electron chi connectivity index (χ4n) is 2.90. The van der Waals surface area contributed by atoms with Crippen LogP contribution in [0.15, 0.2) is 42.6 Å². The van der Waals surface area contributed by atoms with Gasteiger partial charge in [-0.3, -0.25) is 4.79 Å². The van der Waals surface area contributed by atoms with Crippen LogP contribution in [0.2, 0.25) is 0 Å². The Kier molecular flexibility index (Phi) is 7.92. The van der Waals surface area contributed by atoms with Crippen LogP contribution in [0.3, 0.4) is 0 Å². The van der Waals surface area contributed by atoms with Crippen LogP contribution in [0.4, 0.5) is 10.1 Å². The molecule has 0 saturated carbocycles. The number of nitrogens with one attached hydrogen (secondary N) is 1. The number of hydrogen-bond donors (Lipinski definition) is 1. The van der Waals surface area contributed by atoms with Crippen LogP contribution in [0.25, 0.3) is 10.9 Å². The molecule has 1 N–H and O–H groups in total. The molecule has 0 spiro atoms. The Morgan fingerprint density at radius 3 is 2.50 bits per heavy atom. The minimum atomic E-state index is -4.22. The van der Waals surface area contributed by atoms with Crippen LogP contribution in [0, 0.1) is 5.82 Å². The van der Waals surface area contributed by atoms with Gasteiger partial charge in [-0.25, -0.2) is 18.4 Å². The van der Waals surface area contributed by atoms with Crippen molar-refractivity contribution in [3.8, 4) is 11.8 Å². The topological polar surface area (TPSA) is 111 Å². The first-order valence-electron chi connectivity index (χ1n) is 9.42. The molecule has 0 bridgehead atoms. The van der Waals surface area contributed by atoms with Gasteiger partial charge in [0.15, 0.2) is 5.82 Å². The van der Waals surface area contributed by atoms with Gasteiger partial charge >= 0.3 is 16.2 Å². The van der Waals surface area contributed by atoms with E-state index in [1.165, 1.54) is 19.4 Å². The monoisotopic (exact) mass is 464 g/mol. The smallest absolute Gasteiger partial charge is 0.326 e. The molecule has 0 atom stereocenters. The molecular formula is C21H25FN4O5S. The summed E-state index contributed by atoms with van der Waals surface area (Å²) in [6, 6.07) is 10.4. The van der Waals surface area contributed by atoms with Crippen molar-refractivity contribution in [3.05, 3.63) is 54.0 Å². The van der Waals surface area contributed by atoms with Crippen molar-refractivity contribution < 1.29 is 27.1 Å². The molecule has 11 heteroatoms. The maximum absolute atomic E-state index is 15.2. The predicted octanol–water partition coefficient (Wildman–Crippen LogP) is 3.20. The molecule has 3 aromatic rings. The van der Waals surface area contributed by atoms with E-state index in [1.54, 1.807) is 0 Å². The third-order valence-electron chi connectivity index (χ3n) is 4.24. The summed E-state index contributed by atoms with van der Waals surface area (Å²) in [6.07, 6.45) is 1.33. The van der Waals surface area contributed by atoms with Crippen molar-refractivity contribution in [3.63, 3.8) is 0 Å². The van der Waals surface area contributed by atoms with E-state index in [2.05, 4.69) is 9.97 Å². The summed E-state index contributed by atoms with van der Waals surface area (Å²) in [7, 11) is -2.89. The van der Waals surface area contributed by atoms with Crippen molar-refractivity contribution in [2.75, 3.05) is 18.0 Å². The number of fused-ring (bicyclic) bond motifs is 1. The predicted molar refractivity (Wildman–Crippen MR) is 119 cm³/mol. The molecule has 1 aliphatic rings. The Hall–Kier alpha value is -3.47. The molecule has 1 saturated heterocycles. The molecular weight excluding hydrogens is 439 g/mol. The van der Waals surface area contributed by atoms with Gasteiger partial charge in [-0.2, -0.15) is 13.4 Å². The van der Waals surface area contributed by atoms with Gasteiger partial charge in [0.25, 0.3) is 5.91 Å². The first kappa shape index (κ1) is 24.8. The SMILES string of the molecule is C.CC.COc1ncc2c(OCc3ccccc3)cc(N3CC(=O)NS3(=O)=O)c(F)c2n1. The van der Waals surface area contributed by atoms with E-state index >= 15 is 4.39 Å². The van der Waals surface area contributed by atoms with Gasteiger partial charge in [-0.1, -0.05) is 51.6 Å². The Labute approximate surface area is 186 Å². The number of ether oxygens (including phenoxy) is 2. The summed E-state index contributed by atoms with van der Waals surface area (Å²) in [5, 5.41) is 0.235. The largest absolute Gasteiger partial charge is 0.488 e. The zero-order valence-corrected chi connectivity index (χ0v) is 17.9. The van der Waals surface area contributed by atoms with Gasteiger partial charge in [-0.05, 0) is 5.56 Å². The second-order valence-electron chi connectivity index (χ2n) is 6.14. The third kappa shape index (κ3) is 4.88. The summed E-state index contributed by atoms with van der Waals surface area (Å²) in [6.45, 7) is 3.60. The Balaban J connectivity index is 0.00000118. The summed E-state index contributed by atoms with van der Waals surface area (Å²) < 4.78 is 52.8. The highest BCUT2D eigenvalue weighted by Crippen LogP contribution is 2.36. The molecule has 0 aliphatic carbocycles. The van der Waals surface area contributed by atoms with Gasteiger partial charge in [0.05, 0.1) is 18.2 Å². The summed E-state index contributed by atoms with van der Waals surface area (Å²) >= 11 is 0. The van der Waals surface area contributed by atoms with Gasteiger partial charge in [0.2, 0.25) is 0 Å². The molecule has 4 rings (SSSR count). The molecule has 1 fully saturated rings. The van der Waals surface area contributed by atoms with E-state index < -0.39 is 28.5 Å². The number of rotatable bonds is 5. The van der Waals surface area contributed by atoms with Crippen molar-refractivity contribution in [1.29, 1.82) is 0 Å². The minimum Gasteiger partial charge on any atom is -0.488 e. The molecule has 2 heterocycles. The molecule has 1 aromatic heterocycles. The van der Waals surface area contributed by atoms with E-state index in [-0.39, 0.29) is 42.4 Å². The van der Waals surface area contributed by atoms with Crippen LogP contribution >= 0.6 is 0 Å². The van der Waals surface area contributed by atoms with Crippen molar-refractivity contribution >= 4 is 32.7 Å². The molecule has 1 aliphatic heterocycles. The fraction of sp³-hybridized carbons (Fsp3) is 0.286. The van der Waals surface area contributed by atoms with Crippen molar-refractivity contribution in [1.82, 2.24) is 14.7 Å². The maximum atomic E-state index is 15.2. The lowest BCUT2D eigenvalue weighted by Gasteiger charge is -2.18. The summed E-state index contributed by atoms with van der Waals surface area (Å²) in [5.41, 5.74) is 0.304. The average molecular weight is 465 g/mol. The number of amides is 1. The lowest BCUT2D eigenvalue weighted by molar-refractivity contribution is -0.117. The number of benzene rings is 2. The molecule has 0 unspecified atom stereocenters. The standard InChI is InChI=1S/C18H15FN4O5S.C2H6.CH4/c1-27-18-20-8-12-14(28-10-11-5-3-2-4-6-11)7-13(16(19)17(12)21-18)23-9-15(24)22-29(23,25)26;1-2;/h2-8H,9-10H2,1H3,(H,22,24);1-2H3;1H4. The second kappa shape index (κ2) is 10.2. The highest BCUT2D eigenvalue weighted by Gasteiger charge is 2.37. The maximum Gasteiger partial charge on any atom is 0.326 e. The van der Waals surface area contributed by atoms with Crippen LogP contribution in [-0.4, -0.2) is 37.9 Å². The zero-order valence-electron chi connectivity index (χ0n) is 17.1.